The van der Waals surface area contributed by atoms with E-state index in [1.165, 1.54) is 33.4 Å². The molecule has 0 atom stereocenters. The van der Waals surface area contributed by atoms with Crippen molar-refractivity contribution in [1.29, 1.82) is 0 Å². The molecule has 0 heterocycles. The maximum atomic E-state index is 11.3. The van der Waals surface area contributed by atoms with E-state index in [4.69, 9.17) is 27.0 Å². The monoisotopic (exact) mass is 523 g/mol. The van der Waals surface area contributed by atoms with Crippen molar-refractivity contribution >= 4 is 31.1 Å². The van der Waals surface area contributed by atoms with Gasteiger partial charge in [0.2, 0.25) is 0 Å². The van der Waals surface area contributed by atoms with Gasteiger partial charge in [0.1, 0.15) is 0 Å². The second-order valence-corrected chi connectivity index (χ2v) is 9.43. The van der Waals surface area contributed by atoms with Crippen molar-refractivity contribution in [2.45, 2.75) is 12.8 Å². The van der Waals surface area contributed by atoms with Crippen LogP contribution < -0.4 is 29.6 Å². The zero-order chi connectivity index (χ0) is 22.9. The van der Waals surface area contributed by atoms with E-state index in [2.05, 4.69) is 35.0 Å². The Labute approximate surface area is 197 Å². The molecule has 0 saturated heterocycles. The van der Waals surface area contributed by atoms with Crippen molar-refractivity contribution < 1.29 is 62.5 Å². The molecule has 0 radical (unpaired) electrons. The summed E-state index contributed by atoms with van der Waals surface area (Å²) in [4.78, 5) is 4.06. The van der Waals surface area contributed by atoms with Gasteiger partial charge in [0.05, 0.1) is 20.8 Å². The maximum Gasteiger partial charge on any atom is 1.00 e. The van der Waals surface area contributed by atoms with Gasteiger partial charge in [-0.3, -0.25) is 18.4 Å². The predicted molar refractivity (Wildman–Crippen MR) is 107 cm³/mol. The van der Waals surface area contributed by atoms with Crippen LogP contribution in [-0.4, -0.2) is 59.8 Å². The minimum Gasteiger partial charge on any atom is -0.373 e. The summed E-state index contributed by atoms with van der Waals surface area (Å²) in [5.41, 5.74) is 21.4. The molecule has 0 aliphatic rings. The maximum absolute atomic E-state index is 11.3. The third-order valence-electron chi connectivity index (χ3n) is 2.43. The van der Waals surface area contributed by atoms with Gasteiger partial charge in [-0.2, -0.15) is 0 Å². The van der Waals surface area contributed by atoms with Gasteiger partial charge in [-0.15, -0.1) is 0 Å². The molecular weight excluding hydrogens is 496 g/mol. The van der Waals surface area contributed by atoms with Gasteiger partial charge in [0.15, 0.2) is 0 Å². The number of alkyl halides is 2. The normalized spacial score (nSPS) is 9.86. The van der Waals surface area contributed by atoms with E-state index in [1.54, 1.807) is 0 Å². The predicted octanol–water partition coefficient (Wildman–Crippen LogP) is 2.89. The van der Waals surface area contributed by atoms with Crippen LogP contribution >= 0.6 is 31.1 Å². The van der Waals surface area contributed by atoms with E-state index in [0.717, 1.165) is 11.8 Å². The Bertz CT molecular complexity index is 516. The molecule has 0 saturated carbocycles. The van der Waals surface area contributed by atoms with Crippen LogP contribution in [0.25, 0.3) is 26.4 Å². The van der Waals surface area contributed by atoms with E-state index < -0.39 is 22.3 Å². The van der Waals surface area contributed by atoms with E-state index in [0.29, 0.717) is 19.1 Å². The molecule has 12 nitrogen and oxygen atoms in total. The molecular formula is C11H27BrFN6NaO6P2. The van der Waals surface area contributed by atoms with Crippen LogP contribution in [0.3, 0.4) is 0 Å². The van der Waals surface area contributed by atoms with E-state index >= 15 is 0 Å². The molecule has 0 unspecified atom stereocenters. The fraction of sp³-hybridized carbons (Fsp3) is 1.00. The molecule has 28 heavy (non-hydrogen) atoms. The number of nitrogens with zero attached hydrogens (tertiary/aromatic N) is 6. The molecule has 0 aliphatic heterocycles. The molecule has 0 aromatic rings. The van der Waals surface area contributed by atoms with Gasteiger partial charge in [-0.25, -0.2) is 0 Å². The first kappa shape index (κ1) is 35.7. The first-order valence-electron chi connectivity index (χ1n) is 7.72. The Morgan fingerprint density at radius 1 is 1.00 bits per heavy atom. The summed E-state index contributed by atoms with van der Waals surface area (Å²) in [7, 11) is -1.17. The van der Waals surface area contributed by atoms with Crippen LogP contribution in [0, 0.1) is 0 Å². The Balaban J connectivity index is -0.000000102. The zero-order valence-corrected chi connectivity index (χ0v) is 22.1. The molecule has 0 aromatic heterocycles. The number of rotatable bonds is 11. The van der Waals surface area contributed by atoms with Gasteiger partial charge >= 0.3 is 44.7 Å². The van der Waals surface area contributed by atoms with Crippen molar-refractivity contribution in [1.82, 2.24) is 0 Å². The average molecular weight is 524 g/mol. The molecule has 17 heteroatoms. The van der Waals surface area contributed by atoms with Crippen LogP contribution in [-0.2, 0) is 27.2 Å². The van der Waals surface area contributed by atoms with Crippen LogP contribution in [0.15, 0.2) is 5.11 Å². The van der Waals surface area contributed by atoms with Crippen molar-refractivity contribution in [3.05, 3.63) is 26.4 Å². The molecule has 0 aromatic carbocycles. The van der Waals surface area contributed by atoms with Crippen LogP contribution in [0.2, 0.25) is 0 Å². The molecule has 162 valence electrons. The summed E-state index contributed by atoms with van der Waals surface area (Å²) in [5.74, 6) is 0. The van der Waals surface area contributed by atoms with Gasteiger partial charge in [-0.1, -0.05) is 21.0 Å². The van der Waals surface area contributed by atoms with E-state index in [9.17, 15) is 13.5 Å². The minimum atomic E-state index is -2.90. The molecule has 0 rings (SSSR count). The molecule has 0 N–H and O–H groups in total. The van der Waals surface area contributed by atoms with Gasteiger partial charge in [0, 0.05) is 45.2 Å². The summed E-state index contributed by atoms with van der Waals surface area (Å²) in [5, 5.41) is 4.11. The molecule has 0 bridgehead atoms. The molecule has 0 spiro atoms. The van der Waals surface area contributed by atoms with Gasteiger partial charge in [0.25, 0.3) is 0 Å². The third kappa shape index (κ3) is 28.5. The van der Waals surface area contributed by atoms with Crippen LogP contribution in [0.4, 0.5) is 4.39 Å². The summed E-state index contributed by atoms with van der Waals surface area (Å²) < 4.78 is 56.8. The van der Waals surface area contributed by atoms with Crippen molar-refractivity contribution in [2.75, 3.05) is 59.8 Å². The quantitative estimate of drug-likeness (QED) is 0.0763. The minimum absolute atomic E-state index is 0. The van der Waals surface area contributed by atoms with E-state index in [1.807, 2.05) is 0 Å². The van der Waals surface area contributed by atoms with Gasteiger partial charge in [-0.05, 0) is 18.4 Å². The number of halogens is 2. The van der Waals surface area contributed by atoms with Crippen LogP contribution in [0.5, 0.6) is 0 Å². The van der Waals surface area contributed by atoms with Crippen molar-refractivity contribution in [3.8, 4) is 0 Å². The topological polar surface area (TPSA) is 179 Å². The summed E-state index contributed by atoms with van der Waals surface area (Å²) in [6.07, 6.45) is 2.06. The number of hydrogen-bond acceptors (Lipinski definition) is 7. The summed E-state index contributed by atoms with van der Waals surface area (Å²) in [6.45, 7) is 0.313. The van der Waals surface area contributed by atoms with Crippen LogP contribution in [0.1, 0.15) is 14.2 Å². The Kier molecular flexibility index (Phi) is 37.7. The van der Waals surface area contributed by atoms with Crippen molar-refractivity contribution in [3.63, 3.8) is 0 Å². The first-order chi connectivity index (χ1) is 13.2. The van der Waals surface area contributed by atoms with Gasteiger partial charge < -0.3 is 29.2 Å². The molecule has 0 fully saturated rings. The smallest absolute Gasteiger partial charge is 0.373 e. The standard InChI is InChI=1S/C5H12BrO3P.C5H12N3O3P.CH3F.N3.Na/c1-8-10(7,9-2)5-3-4-6;1-10-12(9,11-2)5-3-4-7-8-6;1-2;1-3-2;/h3-5H2,1-2H3;3-5H2,1-2H3;1H3;;/q;;;-1;+1/i;;1D;;. The summed E-state index contributed by atoms with van der Waals surface area (Å²) in [6, 6.07) is 0. The first-order valence-corrected chi connectivity index (χ1v) is 11.6. The largest absolute Gasteiger partial charge is 1.00 e. The zero-order valence-electron chi connectivity index (χ0n) is 17.7. The summed E-state index contributed by atoms with van der Waals surface area (Å²) >= 11 is 3.23. The second kappa shape index (κ2) is 29.5. The Morgan fingerprint density at radius 3 is 1.57 bits per heavy atom. The number of hydrogen-bond donors (Lipinski definition) is 0. The number of azide groups is 1. The molecule has 0 amide bonds. The third-order valence-corrected chi connectivity index (χ3v) is 6.95. The fourth-order valence-electron chi connectivity index (χ4n) is 1.15. The van der Waals surface area contributed by atoms with Crippen molar-refractivity contribution in [2.24, 2.45) is 5.11 Å². The van der Waals surface area contributed by atoms with E-state index in [-0.39, 0.29) is 35.7 Å². The second-order valence-electron chi connectivity index (χ2n) is 3.84. The average Bonchev–Trinajstić information content (AvgIpc) is 2.71. The Hall–Kier alpha value is 0.330. The Morgan fingerprint density at radius 2 is 1.32 bits per heavy atom. The molecule has 0 aliphatic carbocycles. The SMILES string of the molecule is COP(=O)(CCCBr)OC.COP(=O)(CCCN=[N+]=[N-])OC.[2H]CF.[N-]=[N+]=[N-].[Na+]. The fourth-order valence-corrected chi connectivity index (χ4v) is 3.96.